The molecule has 0 aromatic rings. The number of ether oxygens (including phenoxy) is 2. The molecule has 0 rings (SSSR count). The Morgan fingerprint density at radius 1 is 0.577 bits per heavy atom. The van der Waals surface area contributed by atoms with Gasteiger partial charge in [0.05, 0.1) is 19.8 Å². The predicted octanol–water partition coefficient (Wildman–Crippen LogP) is 10.6. The average molecular weight is 761 g/mol. The molecule has 0 saturated carbocycles. The SMILES string of the molecule is CCCCC/C=C/C/C=C/CCCCCCCCCCCC(=O)O[C@H](COC(=O)CCCCCCCCCCCC)COP(=O)(O)OC[C@@H](O)CO. The fourth-order valence-corrected chi connectivity index (χ4v) is 6.40. The zero-order valence-corrected chi connectivity index (χ0v) is 33.9. The number of hydrogen-bond donors (Lipinski definition) is 3. The van der Waals surface area contributed by atoms with Crippen molar-refractivity contribution in [3.8, 4) is 0 Å². The zero-order chi connectivity index (χ0) is 38.4. The topological polar surface area (TPSA) is 149 Å². The van der Waals surface area contributed by atoms with E-state index in [9.17, 15) is 24.2 Å². The lowest BCUT2D eigenvalue weighted by molar-refractivity contribution is -0.161. The first-order valence-corrected chi connectivity index (χ1v) is 22.3. The molecule has 11 heteroatoms. The largest absolute Gasteiger partial charge is 0.472 e. The Kier molecular flexibility index (Phi) is 36.6. The first-order chi connectivity index (χ1) is 25.2. The number of phosphoric ester groups is 1. The summed E-state index contributed by atoms with van der Waals surface area (Å²) in [4.78, 5) is 34.9. The number of allylic oxidation sites excluding steroid dienone is 4. The van der Waals surface area contributed by atoms with Gasteiger partial charge in [0.2, 0.25) is 0 Å². The van der Waals surface area contributed by atoms with E-state index in [2.05, 4.69) is 42.7 Å². The molecule has 52 heavy (non-hydrogen) atoms. The van der Waals surface area contributed by atoms with Crippen molar-refractivity contribution in [1.29, 1.82) is 0 Å². The number of phosphoric acid groups is 1. The van der Waals surface area contributed by atoms with Crippen LogP contribution in [-0.2, 0) is 32.7 Å². The number of aliphatic hydroxyl groups is 2. The van der Waals surface area contributed by atoms with E-state index in [1.54, 1.807) is 0 Å². The van der Waals surface area contributed by atoms with E-state index in [4.69, 9.17) is 19.1 Å². The van der Waals surface area contributed by atoms with Crippen LogP contribution >= 0.6 is 7.82 Å². The lowest BCUT2D eigenvalue weighted by Gasteiger charge is -2.20. The lowest BCUT2D eigenvalue weighted by atomic mass is 10.1. The smallest absolute Gasteiger partial charge is 0.462 e. The van der Waals surface area contributed by atoms with Gasteiger partial charge in [-0.3, -0.25) is 18.6 Å². The summed E-state index contributed by atoms with van der Waals surface area (Å²) < 4.78 is 32.6. The Bertz CT molecular complexity index is 925. The van der Waals surface area contributed by atoms with Crippen LogP contribution in [0.3, 0.4) is 0 Å². The number of aliphatic hydroxyl groups excluding tert-OH is 2. The van der Waals surface area contributed by atoms with E-state index in [-0.39, 0.29) is 19.4 Å². The lowest BCUT2D eigenvalue weighted by Crippen LogP contribution is -2.29. The van der Waals surface area contributed by atoms with Gasteiger partial charge in [0.25, 0.3) is 0 Å². The molecule has 3 N–H and O–H groups in total. The molecule has 0 amide bonds. The molecule has 0 aliphatic heterocycles. The summed E-state index contributed by atoms with van der Waals surface area (Å²) in [6.07, 6.45) is 35.7. The Morgan fingerprint density at radius 2 is 1.00 bits per heavy atom. The third kappa shape index (κ3) is 36.8. The normalized spacial score (nSPS) is 14.2. The van der Waals surface area contributed by atoms with Crippen molar-refractivity contribution < 1.29 is 47.8 Å². The number of rotatable bonds is 39. The molecule has 0 fully saturated rings. The predicted molar refractivity (Wildman–Crippen MR) is 210 cm³/mol. The van der Waals surface area contributed by atoms with Crippen LogP contribution < -0.4 is 0 Å². The molecule has 0 saturated heterocycles. The quantitative estimate of drug-likeness (QED) is 0.0239. The molecular weight excluding hydrogens is 683 g/mol. The van der Waals surface area contributed by atoms with Crippen molar-refractivity contribution in [2.24, 2.45) is 0 Å². The maximum atomic E-state index is 12.6. The minimum absolute atomic E-state index is 0.182. The summed E-state index contributed by atoms with van der Waals surface area (Å²) in [6, 6.07) is 0. The van der Waals surface area contributed by atoms with E-state index in [1.807, 2.05) is 0 Å². The summed E-state index contributed by atoms with van der Waals surface area (Å²) in [6.45, 7) is 2.34. The van der Waals surface area contributed by atoms with E-state index >= 15 is 0 Å². The fraction of sp³-hybridized carbons (Fsp3) is 0.854. The minimum atomic E-state index is -4.61. The van der Waals surface area contributed by atoms with E-state index in [0.29, 0.717) is 12.8 Å². The van der Waals surface area contributed by atoms with Gasteiger partial charge in [-0.25, -0.2) is 4.57 Å². The fourth-order valence-electron chi connectivity index (χ4n) is 5.61. The average Bonchev–Trinajstić information content (AvgIpc) is 3.13. The highest BCUT2D eigenvalue weighted by molar-refractivity contribution is 7.47. The van der Waals surface area contributed by atoms with Crippen LogP contribution in [0.1, 0.15) is 187 Å². The van der Waals surface area contributed by atoms with Crippen molar-refractivity contribution in [2.75, 3.05) is 26.4 Å². The Hall–Kier alpha value is -1.55. The third-order valence-corrected chi connectivity index (χ3v) is 9.81. The standard InChI is InChI=1S/C41H77O10P/c1-3-5-7-9-11-13-15-16-17-18-19-20-21-22-23-25-27-29-31-33-41(45)51-39(37-50-52(46,47)49-35-38(43)34-42)36-48-40(44)32-30-28-26-24-14-12-10-8-6-4-2/h11,13,16-17,38-39,42-43H,3-10,12,14-15,18-37H2,1-2H3,(H,46,47)/b13-11+,17-16+/t38-,39+/m0/s1. The maximum absolute atomic E-state index is 12.6. The molecule has 0 aromatic heterocycles. The second-order valence-corrected chi connectivity index (χ2v) is 15.5. The molecule has 0 radical (unpaired) electrons. The van der Waals surface area contributed by atoms with Crippen molar-refractivity contribution in [3.63, 3.8) is 0 Å². The van der Waals surface area contributed by atoms with Gasteiger partial charge in [0.15, 0.2) is 6.10 Å². The zero-order valence-electron chi connectivity index (χ0n) is 33.0. The van der Waals surface area contributed by atoms with Crippen LogP contribution in [0, 0.1) is 0 Å². The molecule has 306 valence electrons. The van der Waals surface area contributed by atoms with Crippen molar-refractivity contribution >= 4 is 19.8 Å². The van der Waals surface area contributed by atoms with Gasteiger partial charge in [-0.1, -0.05) is 154 Å². The summed E-state index contributed by atoms with van der Waals surface area (Å²) in [5.74, 6) is -0.927. The highest BCUT2D eigenvalue weighted by Gasteiger charge is 2.27. The third-order valence-electron chi connectivity index (χ3n) is 8.86. The van der Waals surface area contributed by atoms with Crippen LogP contribution in [0.5, 0.6) is 0 Å². The second-order valence-electron chi connectivity index (χ2n) is 14.0. The van der Waals surface area contributed by atoms with Gasteiger partial charge in [-0.15, -0.1) is 0 Å². The molecular formula is C41H77O10P. The van der Waals surface area contributed by atoms with Crippen LogP contribution in [0.15, 0.2) is 24.3 Å². The van der Waals surface area contributed by atoms with Gasteiger partial charge >= 0.3 is 19.8 Å². The molecule has 0 aliphatic carbocycles. The van der Waals surface area contributed by atoms with Crippen molar-refractivity contribution in [3.05, 3.63) is 24.3 Å². The molecule has 0 heterocycles. The monoisotopic (exact) mass is 761 g/mol. The van der Waals surface area contributed by atoms with Gasteiger partial charge < -0.3 is 24.6 Å². The number of hydrogen-bond acceptors (Lipinski definition) is 9. The van der Waals surface area contributed by atoms with E-state index in [0.717, 1.165) is 51.4 Å². The van der Waals surface area contributed by atoms with Gasteiger partial charge in [-0.2, -0.15) is 0 Å². The van der Waals surface area contributed by atoms with Crippen LogP contribution in [-0.4, -0.2) is 65.7 Å². The maximum Gasteiger partial charge on any atom is 0.472 e. The number of unbranched alkanes of at least 4 members (excludes halogenated alkanes) is 21. The van der Waals surface area contributed by atoms with Crippen LogP contribution in [0.4, 0.5) is 0 Å². The van der Waals surface area contributed by atoms with E-state index in [1.165, 1.54) is 96.3 Å². The molecule has 0 aromatic carbocycles. The molecule has 0 bridgehead atoms. The molecule has 1 unspecified atom stereocenters. The molecule has 10 nitrogen and oxygen atoms in total. The summed E-state index contributed by atoms with van der Waals surface area (Å²) in [5, 5.41) is 18.3. The molecule has 0 aliphatic rings. The van der Waals surface area contributed by atoms with Crippen LogP contribution in [0.2, 0.25) is 0 Å². The first kappa shape index (κ1) is 50.5. The van der Waals surface area contributed by atoms with E-state index < -0.39 is 51.8 Å². The number of carbonyl (C=O) groups is 2. The first-order valence-electron chi connectivity index (χ1n) is 20.8. The minimum Gasteiger partial charge on any atom is -0.462 e. The Morgan fingerprint density at radius 3 is 1.52 bits per heavy atom. The Labute approximate surface area is 317 Å². The highest BCUT2D eigenvalue weighted by atomic mass is 31.2. The summed E-state index contributed by atoms with van der Waals surface area (Å²) in [7, 11) is -4.61. The summed E-state index contributed by atoms with van der Waals surface area (Å²) >= 11 is 0. The second kappa shape index (κ2) is 37.8. The van der Waals surface area contributed by atoms with Gasteiger partial charge in [0.1, 0.15) is 12.7 Å². The van der Waals surface area contributed by atoms with Gasteiger partial charge in [0, 0.05) is 12.8 Å². The molecule has 3 atom stereocenters. The molecule has 0 spiro atoms. The highest BCUT2D eigenvalue weighted by Crippen LogP contribution is 2.43. The van der Waals surface area contributed by atoms with Gasteiger partial charge in [-0.05, 0) is 44.9 Å². The number of carbonyl (C=O) groups excluding carboxylic acids is 2. The van der Waals surface area contributed by atoms with Crippen molar-refractivity contribution in [1.82, 2.24) is 0 Å². The van der Waals surface area contributed by atoms with Crippen molar-refractivity contribution in [2.45, 2.75) is 199 Å². The Balaban J connectivity index is 4.26. The summed E-state index contributed by atoms with van der Waals surface area (Å²) in [5.41, 5.74) is 0. The number of esters is 2. The van der Waals surface area contributed by atoms with Crippen LogP contribution in [0.25, 0.3) is 0 Å².